The van der Waals surface area contributed by atoms with Crippen molar-refractivity contribution < 1.29 is 4.39 Å². The summed E-state index contributed by atoms with van der Waals surface area (Å²) in [5.74, 6) is -0.223. The summed E-state index contributed by atoms with van der Waals surface area (Å²) in [5.41, 5.74) is 0. The highest BCUT2D eigenvalue weighted by atomic mass is 127. The highest BCUT2D eigenvalue weighted by Gasteiger charge is 2.01. The Hall–Kier alpha value is 0.540. The maximum absolute atomic E-state index is 12.7. The van der Waals surface area contributed by atoms with Crippen LogP contribution in [0.25, 0.3) is 0 Å². The van der Waals surface area contributed by atoms with Crippen molar-refractivity contribution in [2.75, 3.05) is 0 Å². The fourth-order valence-electron chi connectivity index (χ4n) is 0.397. The third kappa shape index (κ3) is 1.73. The van der Waals surface area contributed by atoms with Gasteiger partial charge in [-0.05, 0) is 51.2 Å². The molecule has 0 aliphatic rings. The molecule has 0 fully saturated rings. The van der Waals surface area contributed by atoms with Gasteiger partial charge in [-0.1, -0.05) is 0 Å². The van der Waals surface area contributed by atoms with Crippen LogP contribution >= 0.6 is 45.2 Å². The van der Waals surface area contributed by atoms with Crippen molar-refractivity contribution in [2.45, 2.75) is 0 Å². The highest BCUT2D eigenvalue weighted by molar-refractivity contribution is 14.1. The third-order valence-electron chi connectivity index (χ3n) is 0.800. The molecule has 0 amide bonds. The van der Waals surface area contributed by atoms with Crippen LogP contribution in [0.3, 0.4) is 0 Å². The Morgan fingerprint density at radius 1 is 1.44 bits per heavy atom. The summed E-state index contributed by atoms with van der Waals surface area (Å²) in [5, 5.41) is 0. The number of halogens is 3. The number of pyridine rings is 1. The lowest BCUT2D eigenvalue weighted by atomic mass is 10.5. The van der Waals surface area contributed by atoms with Crippen molar-refractivity contribution in [1.82, 2.24) is 4.98 Å². The van der Waals surface area contributed by atoms with Crippen molar-refractivity contribution in [2.24, 2.45) is 0 Å². The average Bonchev–Trinajstić information content (AvgIpc) is 1.83. The molecule has 1 heterocycles. The first kappa shape index (κ1) is 7.64. The van der Waals surface area contributed by atoms with E-state index in [0.29, 0.717) is 7.27 Å². The minimum absolute atomic E-state index is 0.223. The van der Waals surface area contributed by atoms with Gasteiger partial charge >= 0.3 is 0 Å². The lowest BCUT2D eigenvalue weighted by Gasteiger charge is -1.92. The maximum atomic E-state index is 12.7. The summed E-state index contributed by atoms with van der Waals surface area (Å²) in [6, 6.07) is 1.64. The fourth-order valence-corrected chi connectivity index (χ4v) is 1.78. The summed E-state index contributed by atoms with van der Waals surface area (Å²) in [4.78, 5) is 3.75. The molecule has 1 aromatic rings. The Labute approximate surface area is 79.3 Å². The Morgan fingerprint density at radius 2 is 2.11 bits per heavy atom. The Balaban J connectivity index is 3.25. The second-order valence-corrected chi connectivity index (χ2v) is 3.58. The van der Waals surface area contributed by atoms with Gasteiger partial charge in [0.25, 0.3) is 0 Å². The van der Waals surface area contributed by atoms with Crippen LogP contribution in [0.2, 0.25) is 0 Å². The van der Waals surface area contributed by atoms with Crippen molar-refractivity contribution in [3.8, 4) is 0 Å². The van der Waals surface area contributed by atoms with E-state index in [1.54, 1.807) is 12.3 Å². The van der Waals surface area contributed by atoms with Crippen molar-refractivity contribution in [3.05, 3.63) is 25.4 Å². The molecule has 0 radical (unpaired) electrons. The van der Waals surface area contributed by atoms with Crippen LogP contribution in [0.4, 0.5) is 4.39 Å². The molecule has 0 atom stereocenters. The largest absolute Gasteiger partial charge is 0.247 e. The molecule has 0 aromatic carbocycles. The van der Waals surface area contributed by atoms with Crippen molar-refractivity contribution in [3.63, 3.8) is 0 Å². The molecule has 48 valence electrons. The van der Waals surface area contributed by atoms with Crippen LogP contribution in [0, 0.1) is 13.1 Å². The normalized spacial score (nSPS) is 9.67. The van der Waals surface area contributed by atoms with E-state index in [-0.39, 0.29) is 5.82 Å². The van der Waals surface area contributed by atoms with E-state index >= 15 is 0 Å². The zero-order valence-electron chi connectivity index (χ0n) is 4.24. The van der Waals surface area contributed by atoms with Crippen molar-refractivity contribution >= 4 is 45.2 Å². The Morgan fingerprint density at radius 3 is 2.56 bits per heavy atom. The second kappa shape index (κ2) is 3.09. The lowest BCUT2D eigenvalue weighted by Crippen LogP contribution is -1.88. The number of rotatable bonds is 0. The molecule has 1 nitrogen and oxygen atoms in total. The van der Waals surface area contributed by atoms with E-state index < -0.39 is 0 Å². The quantitative estimate of drug-likeness (QED) is 0.518. The van der Waals surface area contributed by atoms with E-state index in [1.807, 2.05) is 45.2 Å². The number of aromatic nitrogens is 1. The van der Waals surface area contributed by atoms with Crippen LogP contribution in [-0.4, -0.2) is 4.98 Å². The fraction of sp³-hybridized carbons (Fsp3) is 0. The summed E-state index contributed by atoms with van der Waals surface area (Å²) in [6.07, 6.45) is 1.59. The molecular formula is C5H2FI2N. The minimum Gasteiger partial charge on any atom is -0.247 e. The molecule has 0 spiro atoms. The lowest BCUT2D eigenvalue weighted by molar-refractivity contribution is 0.604. The molecule has 1 rings (SSSR count). The van der Waals surface area contributed by atoms with Crippen LogP contribution < -0.4 is 0 Å². The van der Waals surface area contributed by atoms with Crippen LogP contribution in [0.5, 0.6) is 0 Å². The number of hydrogen-bond acceptors (Lipinski definition) is 1. The summed E-state index contributed by atoms with van der Waals surface area (Å²) in [6.45, 7) is 0. The third-order valence-corrected chi connectivity index (χ3v) is 2.38. The molecule has 4 heteroatoms. The van der Waals surface area contributed by atoms with E-state index in [9.17, 15) is 4.39 Å². The molecule has 0 saturated carbocycles. The van der Waals surface area contributed by atoms with Gasteiger partial charge in [-0.25, -0.2) is 9.37 Å². The standard InChI is InChI=1S/C5H2FI2N/c6-4-3(7)1-2-9-5(4)8/h1-2H. The van der Waals surface area contributed by atoms with Crippen LogP contribution in [0.15, 0.2) is 12.3 Å². The predicted molar refractivity (Wildman–Crippen MR) is 49.6 cm³/mol. The van der Waals surface area contributed by atoms with Gasteiger partial charge in [0.2, 0.25) is 0 Å². The SMILES string of the molecule is Fc1c(I)ccnc1I. The van der Waals surface area contributed by atoms with Gasteiger partial charge in [0.15, 0.2) is 5.82 Å². The zero-order valence-corrected chi connectivity index (χ0v) is 8.55. The summed E-state index contributed by atoms with van der Waals surface area (Å²) < 4.78 is 13.7. The highest BCUT2D eigenvalue weighted by Crippen LogP contribution is 2.13. The first-order valence-corrected chi connectivity index (χ1v) is 4.33. The van der Waals surface area contributed by atoms with Crippen molar-refractivity contribution in [1.29, 1.82) is 0 Å². The average molecular weight is 349 g/mol. The number of hydrogen-bond donors (Lipinski definition) is 0. The molecule has 0 aliphatic carbocycles. The first-order chi connectivity index (χ1) is 4.22. The summed E-state index contributed by atoms with van der Waals surface area (Å²) in [7, 11) is 0. The van der Waals surface area contributed by atoms with Crippen LogP contribution in [-0.2, 0) is 0 Å². The Bertz CT molecular complexity index is 206. The monoisotopic (exact) mass is 349 g/mol. The topological polar surface area (TPSA) is 12.9 Å². The molecule has 1 aromatic heterocycles. The van der Waals surface area contributed by atoms with Gasteiger partial charge in [0.1, 0.15) is 3.70 Å². The molecular weight excluding hydrogens is 347 g/mol. The van der Waals surface area contributed by atoms with Gasteiger partial charge < -0.3 is 0 Å². The van der Waals surface area contributed by atoms with Gasteiger partial charge in [-0.15, -0.1) is 0 Å². The van der Waals surface area contributed by atoms with Gasteiger partial charge in [-0.3, -0.25) is 0 Å². The van der Waals surface area contributed by atoms with E-state index in [4.69, 9.17) is 0 Å². The van der Waals surface area contributed by atoms with Gasteiger partial charge in [0.05, 0.1) is 3.57 Å². The van der Waals surface area contributed by atoms with E-state index in [1.165, 1.54) is 0 Å². The van der Waals surface area contributed by atoms with E-state index in [0.717, 1.165) is 0 Å². The minimum atomic E-state index is -0.223. The Kier molecular flexibility index (Phi) is 2.62. The van der Waals surface area contributed by atoms with Crippen LogP contribution in [0.1, 0.15) is 0 Å². The van der Waals surface area contributed by atoms with Gasteiger partial charge in [-0.2, -0.15) is 0 Å². The second-order valence-electron chi connectivity index (χ2n) is 1.40. The first-order valence-electron chi connectivity index (χ1n) is 2.17. The molecule has 0 unspecified atom stereocenters. The molecule has 9 heavy (non-hydrogen) atoms. The molecule has 0 bridgehead atoms. The molecule has 0 N–H and O–H groups in total. The zero-order chi connectivity index (χ0) is 6.85. The predicted octanol–water partition coefficient (Wildman–Crippen LogP) is 2.43. The van der Waals surface area contributed by atoms with E-state index in [2.05, 4.69) is 4.98 Å². The number of nitrogens with zero attached hydrogens (tertiary/aromatic N) is 1. The maximum Gasteiger partial charge on any atom is 0.168 e. The smallest absolute Gasteiger partial charge is 0.168 e. The molecule has 0 saturated heterocycles. The van der Waals surface area contributed by atoms with Gasteiger partial charge in [0, 0.05) is 6.20 Å². The molecule has 0 aliphatic heterocycles. The summed E-state index contributed by atoms with van der Waals surface area (Å²) >= 11 is 3.79.